The fourth-order valence-electron chi connectivity index (χ4n) is 1.92. The van der Waals surface area contributed by atoms with Crippen molar-refractivity contribution in [3.05, 3.63) is 57.8 Å². The number of hydrazine groups is 1. The largest absolute Gasteiger partial charge is 0.285 e. The molecule has 2 N–H and O–H groups in total. The number of nitrogens with one attached hydrogen (secondary N) is 2. The van der Waals surface area contributed by atoms with E-state index in [0.717, 1.165) is 18.2 Å². The van der Waals surface area contributed by atoms with E-state index in [1.54, 1.807) is 14.1 Å². The van der Waals surface area contributed by atoms with Crippen molar-refractivity contribution in [1.29, 1.82) is 0 Å². The van der Waals surface area contributed by atoms with E-state index in [1.165, 1.54) is 23.2 Å². The third kappa shape index (κ3) is 4.60. The summed E-state index contributed by atoms with van der Waals surface area (Å²) >= 11 is 11.9. The van der Waals surface area contributed by atoms with Crippen LogP contribution in [0.5, 0.6) is 0 Å². The molecule has 25 heavy (non-hydrogen) atoms. The molecule has 2 aromatic carbocycles. The second-order valence-corrected chi connectivity index (χ2v) is 7.65. The molecule has 0 aliphatic carbocycles. The molecule has 2 rings (SSSR count). The summed E-state index contributed by atoms with van der Waals surface area (Å²) in [5.41, 5.74) is 2.12. The first-order valence-electron chi connectivity index (χ1n) is 6.86. The molecule has 134 valence electrons. The smallest absolute Gasteiger partial charge is 0.267 e. The zero-order chi connectivity index (χ0) is 18.8. The monoisotopic (exact) mass is 405 g/mol. The molecule has 10 heteroatoms. The topological polar surface area (TPSA) is 78.5 Å². The highest BCUT2D eigenvalue weighted by molar-refractivity contribution is 7.92. The molecule has 0 saturated heterocycles. The van der Waals surface area contributed by atoms with Crippen LogP contribution in [-0.2, 0) is 10.0 Å². The molecule has 0 fully saturated rings. The molecule has 1 amide bonds. The van der Waals surface area contributed by atoms with E-state index in [2.05, 4.69) is 10.1 Å². The maximum absolute atomic E-state index is 13.7. The van der Waals surface area contributed by atoms with Gasteiger partial charge in [0.15, 0.2) is 0 Å². The molecular weight excluding hydrogens is 392 g/mol. The van der Waals surface area contributed by atoms with Gasteiger partial charge in [0.1, 0.15) is 10.7 Å². The fraction of sp³-hybridized carbons (Fsp3) is 0.133. The Kier molecular flexibility index (Phi) is 5.89. The third-order valence-electron chi connectivity index (χ3n) is 3.00. The first-order valence-corrected chi connectivity index (χ1v) is 9.10. The molecule has 6 nitrogen and oxygen atoms in total. The van der Waals surface area contributed by atoms with Gasteiger partial charge in [-0.05, 0) is 24.3 Å². The molecule has 0 aliphatic rings. The normalized spacial score (nSPS) is 11.4. The number of hydrogen-bond acceptors (Lipinski definition) is 4. The quantitative estimate of drug-likeness (QED) is 0.748. The number of benzene rings is 2. The number of amides is 1. The van der Waals surface area contributed by atoms with Gasteiger partial charge in [0, 0.05) is 14.1 Å². The highest BCUT2D eigenvalue weighted by Gasteiger charge is 2.23. The number of nitrogens with zero attached hydrogens (tertiary/aromatic N) is 1. The van der Waals surface area contributed by atoms with Crippen molar-refractivity contribution in [3.8, 4) is 0 Å². The van der Waals surface area contributed by atoms with Gasteiger partial charge in [0.2, 0.25) is 0 Å². The number of para-hydroxylation sites is 1. The summed E-state index contributed by atoms with van der Waals surface area (Å²) in [4.78, 5) is 11.7. The van der Waals surface area contributed by atoms with Crippen LogP contribution >= 0.6 is 23.2 Å². The van der Waals surface area contributed by atoms with Gasteiger partial charge in [-0.25, -0.2) is 17.8 Å². The molecule has 0 saturated carbocycles. The Morgan fingerprint density at radius 2 is 1.76 bits per heavy atom. The van der Waals surface area contributed by atoms with Crippen LogP contribution < -0.4 is 10.1 Å². The Balaban J connectivity index is 2.47. The molecule has 0 unspecified atom stereocenters. The third-order valence-corrected chi connectivity index (χ3v) is 5.14. The van der Waals surface area contributed by atoms with Crippen LogP contribution in [-0.4, -0.2) is 33.4 Å². The predicted molar refractivity (Wildman–Crippen MR) is 94.8 cm³/mol. The van der Waals surface area contributed by atoms with Crippen LogP contribution in [0, 0.1) is 5.82 Å². The van der Waals surface area contributed by atoms with Crippen molar-refractivity contribution in [1.82, 2.24) is 10.4 Å². The molecule has 0 heterocycles. The summed E-state index contributed by atoms with van der Waals surface area (Å²) in [5, 5.41) is 1.16. The van der Waals surface area contributed by atoms with E-state index in [1.807, 2.05) is 0 Å². The van der Waals surface area contributed by atoms with Crippen LogP contribution in [0.15, 0.2) is 41.3 Å². The lowest BCUT2D eigenvalue weighted by molar-refractivity contribution is 0.0857. The Hall–Kier alpha value is -1.87. The lowest BCUT2D eigenvalue weighted by Crippen LogP contribution is -2.36. The molecule has 2 aromatic rings. The van der Waals surface area contributed by atoms with Gasteiger partial charge in [0.05, 0.1) is 21.3 Å². The van der Waals surface area contributed by atoms with E-state index >= 15 is 0 Å². The average molecular weight is 406 g/mol. The maximum atomic E-state index is 13.7. The zero-order valence-electron chi connectivity index (χ0n) is 13.2. The highest BCUT2D eigenvalue weighted by atomic mass is 35.5. The first kappa shape index (κ1) is 19.5. The lowest BCUT2D eigenvalue weighted by Gasteiger charge is -2.15. The van der Waals surface area contributed by atoms with Gasteiger partial charge in [-0.1, -0.05) is 35.3 Å². The van der Waals surface area contributed by atoms with Crippen molar-refractivity contribution < 1.29 is 17.6 Å². The minimum absolute atomic E-state index is 0.0193. The number of anilines is 1. The summed E-state index contributed by atoms with van der Waals surface area (Å²) in [5.74, 6) is -1.37. The Bertz CT molecular complexity index is 920. The van der Waals surface area contributed by atoms with E-state index < -0.39 is 26.6 Å². The summed E-state index contributed by atoms with van der Waals surface area (Å²) in [6, 6.07) is 7.44. The van der Waals surface area contributed by atoms with Gasteiger partial charge in [-0.3, -0.25) is 14.9 Å². The van der Waals surface area contributed by atoms with Crippen LogP contribution in [0.4, 0.5) is 10.1 Å². The van der Waals surface area contributed by atoms with Crippen LogP contribution in [0.2, 0.25) is 10.0 Å². The van der Waals surface area contributed by atoms with Gasteiger partial charge >= 0.3 is 0 Å². The number of hydrogen-bond donors (Lipinski definition) is 2. The molecule has 0 spiro atoms. The lowest BCUT2D eigenvalue weighted by atomic mass is 10.2. The molecular formula is C15H14Cl2FN3O3S. The fourth-order valence-corrected chi connectivity index (χ4v) is 3.84. The van der Waals surface area contributed by atoms with Crippen LogP contribution in [0.25, 0.3) is 0 Å². The average Bonchev–Trinajstić information content (AvgIpc) is 2.48. The van der Waals surface area contributed by atoms with Gasteiger partial charge in [-0.15, -0.1) is 0 Å². The van der Waals surface area contributed by atoms with E-state index in [4.69, 9.17) is 23.2 Å². The summed E-state index contributed by atoms with van der Waals surface area (Å²) < 4.78 is 40.9. The SMILES string of the molecule is CN(C)NC(=O)c1cc(S(=O)(=O)Nc2ccccc2F)c(Cl)cc1Cl. The summed E-state index contributed by atoms with van der Waals surface area (Å²) in [6.45, 7) is 0. The minimum atomic E-state index is -4.24. The molecule has 0 radical (unpaired) electrons. The van der Waals surface area contributed by atoms with Gasteiger partial charge < -0.3 is 0 Å². The van der Waals surface area contributed by atoms with E-state index in [-0.39, 0.29) is 21.3 Å². The Morgan fingerprint density at radius 3 is 2.36 bits per heavy atom. The minimum Gasteiger partial charge on any atom is -0.285 e. The van der Waals surface area contributed by atoms with E-state index in [0.29, 0.717) is 0 Å². The van der Waals surface area contributed by atoms with E-state index in [9.17, 15) is 17.6 Å². The number of sulfonamides is 1. The standard InChI is InChI=1S/C15H14Cl2FN3O3S/c1-21(2)19-15(22)9-7-14(11(17)8-10(9)16)25(23,24)20-13-6-4-3-5-12(13)18/h3-8,20H,1-2H3,(H,19,22). The molecule has 0 atom stereocenters. The summed E-state index contributed by atoms with van der Waals surface area (Å²) in [6.07, 6.45) is 0. The summed E-state index contributed by atoms with van der Waals surface area (Å²) in [7, 11) is -1.08. The number of carbonyl (C=O) groups is 1. The number of carbonyl (C=O) groups excluding carboxylic acids is 1. The van der Waals surface area contributed by atoms with Crippen LogP contribution in [0.1, 0.15) is 10.4 Å². The Labute approximate surface area is 154 Å². The molecule has 0 bridgehead atoms. The van der Waals surface area contributed by atoms with Crippen molar-refractivity contribution in [2.75, 3.05) is 18.8 Å². The number of halogens is 3. The van der Waals surface area contributed by atoms with Crippen molar-refractivity contribution in [3.63, 3.8) is 0 Å². The second kappa shape index (κ2) is 7.57. The maximum Gasteiger partial charge on any atom is 0.267 e. The van der Waals surface area contributed by atoms with Gasteiger partial charge in [0.25, 0.3) is 15.9 Å². The van der Waals surface area contributed by atoms with Crippen molar-refractivity contribution in [2.24, 2.45) is 0 Å². The first-order chi connectivity index (χ1) is 11.6. The Morgan fingerprint density at radius 1 is 1.12 bits per heavy atom. The zero-order valence-corrected chi connectivity index (χ0v) is 15.5. The molecule has 0 aromatic heterocycles. The highest BCUT2D eigenvalue weighted by Crippen LogP contribution is 2.30. The predicted octanol–water partition coefficient (Wildman–Crippen LogP) is 3.14. The van der Waals surface area contributed by atoms with Gasteiger partial charge in [-0.2, -0.15) is 0 Å². The van der Waals surface area contributed by atoms with Crippen LogP contribution in [0.3, 0.4) is 0 Å². The second-order valence-electron chi connectivity index (χ2n) is 5.18. The number of rotatable bonds is 5. The molecule has 0 aliphatic heterocycles. The van der Waals surface area contributed by atoms with Crippen molar-refractivity contribution in [2.45, 2.75) is 4.90 Å². The van der Waals surface area contributed by atoms with Crippen molar-refractivity contribution >= 4 is 44.8 Å².